The lowest BCUT2D eigenvalue weighted by atomic mass is 10.00. The van der Waals surface area contributed by atoms with E-state index in [9.17, 15) is 5.11 Å². The van der Waals surface area contributed by atoms with Crippen LogP contribution < -0.4 is 14.2 Å². The van der Waals surface area contributed by atoms with Gasteiger partial charge in [-0.3, -0.25) is 4.99 Å². The molecule has 5 rings (SSSR count). The summed E-state index contributed by atoms with van der Waals surface area (Å²) < 4.78 is 16.2. The van der Waals surface area contributed by atoms with Gasteiger partial charge >= 0.3 is 0 Å². The van der Waals surface area contributed by atoms with E-state index in [2.05, 4.69) is 12.1 Å². The minimum atomic E-state index is 0.119. The standard InChI is InChI=1S/C23H19NO4S/c1-26-15-7-8-16(19(25)11-15)18-12-23(29-22-5-3-2-4-17(22)24-18)14-6-9-20-21(10-14)28-13-27-20/h2-11,23,25H,12-13H2,1H3/t23-/m0/s1. The molecule has 0 fully saturated rings. The quantitative estimate of drug-likeness (QED) is 0.625. The molecule has 1 atom stereocenters. The molecule has 0 saturated carbocycles. The molecule has 0 radical (unpaired) electrons. The lowest BCUT2D eigenvalue weighted by Gasteiger charge is -2.17. The van der Waals surface area contributed by atoms with Crippen molar-refractivity contribution in [3.05, 3.63) is 71.8 Å². The van der Waals surface area contributed by atoms with Crippen molar-refractivity contribution >= 4 is 23.2 Å². The van der Waals surface area contributed by atoms with Crippen LogP contribution >= 0.6 is 11.8 Å². The monoisotopic (exact) mass is 405 g/mol. The number of hydrogen-bond donors (Lipinski definition) is 1. The minimum absolute atomic E-state index is 0.119. The molecular formula is C23H19NO4S. The van der Waals surface area contributed by atoms with Crippen LogP contribution in [0.3, 0.4) is 0 Å². The van der Waals surface area contributed by atoms with Gasteiger partial charge < -0.3 is 19.3 Å². The first-order valence-corrected chi connectivity index (χ1v) is 10.2. The highest BCUT2D eigenvalue weighted by Crippen LogP contribution is 2.47. The highest BCUT2D eigenvalue weighted by Gasteiger charge is 2.25. The van der Waals surface area contributed by atoms with Gasteiger partial charge in [0.2, 0.25) is 6.79 Å². The molecule has 0 unspecified atom stereocenters. The van der Waals surface area contributed by atoms with Crippen molar-refractivity contribution in [2.24, 2.45) is 4.99 Å². The van der Waals surface area contributed by atoms with E-state index in [1.165, 1.54) is 0 Å². The fraction of sp³-hybridized carbons (Fsp3) is 0.174. The maximum atomic E-state index is 10.6. The Bertz CT molecular complexity index is 1110. The largest absolute Gasteiger partial charge is 0.507 e. The molecule has 2 heterocycles. The van der Waals surface area contributed by atoms with E-state index < -0.39 is 0 Å². The van der Waals surface area contributed by atoms with Crippen LogP contribution in [0.1, 0.15) is 22.8 Å². The van der Waals surface area contributed by atoms with Crippen LogP contribution in [0.4, 0.5) is 5.69 Å². The van der Waals surface area contributed by atoms with Crippen molar-refractivity contribution < 1.29 is 19.3 Å². The van der Waals surface area contributed by atoms with Crippen molar-refractivity contribution in [3.63, 3.8) is 0 Å². The Morgan fingerprint density at radius 3 is 2.76 bits per heavy atom. The van der Waals surface area contributed by atoms with Crippen LogP contribution in [0.15, 0.2) is 70.6 Å². The first-order chi connectivity index (χ1) is 14.2. The Morgan fingerprint density at radius 1 is 1.03 bits per heavy atom. The molecule has 0 spiro atoms. The van der Waals surface area contributed by atoms with Gasteiger partial charge in [-0.05, 0) is 42.0 Å². The van der Waals surface area contributed by atoms with Gasteiger partial charge in [0.15, 0.2) is 11.5 Å². The summed E-state index contributed by atoms with van der Waals surface area (Å²) in [6.07, 6.45) is 0.666. The fourth-order valence-corrected chi connectivity index (χ4v) is 4.78. The molecular weight excluding hydrogens is 386 g/mol. The third-order valence-electron chi connectivity index (χ3n) is 5.05. The number of fused-ring (bicyclic) bond motifs is 2. The Kier molecular flexibility index (Phi) is 4.56. The molecule has 1 N–H and O–H groups in total. The zero-order chi connectivity index (χ0) is 19.8. The third-order valence-corrected chi connectivity index (χ3v) is 6.38. The summed E-state index contributed by atoms with van der Waals surface area (Å²) >= 11 is 1.77. The van der Waals surface area contributed by atoms with Crippen LogP contribution in [0.2, 0.25) is 0 Å². The summed E-state index contributed by atoms with van der Waals surface area (Å²) in [5.74, 6) is 2.32. The zero-order valence-electron chi connectivity index (χ0n) is 15.8. The molecule has 2 aliphatic heterocycles. The van der Waals surface area contributed by atoms with Crippen molar-refractivity contribution in [2.45, 2.75) is 16.6 Å². The van der Waals surface area contributed by atoms with Crippen molar-refractivity contribution in [3.8, 4) is 23.0 Å². The van der Waals surface area contributed by atoms with Crippen LogP contribution in [0.25, 0.3) is 0 Å². The van der Waals surface area contributed by atoms with Gasteiger partial charge in [-0.1, -0.05) is 18.2 Å². The number of phenolic OH excluding ortho intramolecular Hbond substituents is 1. The maximum Gasteiger partial charge on any atom is 0.231 e. The molecule has 0 aliphatic carbocycles. The molecule has 146 valence electrons. The van der Waals surface area contributed by atoms with Gasteiger partial charge in [0.1, 0.15) is 11.5 Å². The minimum Gasteiger partial charge on any atom is -0.507 e. The topological polar surface area (TPSA) is 60.3 Å². The molecule has 0 aromatic heterocycles. The molecule has 29 heavy (non-hydrogen) atoms. The molecule has 6 heteroatoms. The number of phenols is 1. The summed E-state index contributed by atoms with van der Waals surface area (Å²) in [7, 11) is 1.58. The van der Waals surface area contributed by atoms with Crippen LogP contribution in [0, 0.1) is 0 Å². The van der Waals surface area contributed by atoms with E-state index in [1.807, 2.05) is 42.5 Å². The van der Waals surface area contributed by atoms with Gasteiger partial charge in [0.05, 0.1) is 18.5 Å². The summed E-state index contributed by atoms with van der Waals surface area (Å²) in [4.78, 5) is 6.02. The van der Waals surface area contributed by atoms with E-state index >= 15 is 0 Å². The van der Waals surface area contributed by atoms with Crippen LogP contribution in [0.5, 0.6) is 23.0 Å². The van der Waals surface area contributed by atoms with Crippen molar-refractivity contribution in [1.82, 2.24) is 0 Å². The molecule has 3 aromatic carbocycles. The number of hydrogen-bond acceptors (Lipinski definition) is 6. The summed E-state index contributed by atoms with van der Waals surface area (Å²) in [6.45, 7) is 0.256. The number of benzene rings is 3. The molecule has 0 bridgehead atoms. The first-order valence-electron chi connectivity index (χ1n) is 9.31. The smallest absolute Gasteiger partial charge is 0.231 e. The van der Waals surface area contributed by atoms with Gasteiger partial charge in [0, 0.05) is 28.2 Å². The maximum absolute atomic E-state index is 10.6. The number of para-hydroxylation sites is 1. The predicted molar refractivity (Wildman–Crippen MR) is 113 cm³/mol. The lowest BCUT2D eigenvalue weighted by Crippen LogP contribution is -2.06. The van der Waals surface area contributed by atoms with Gasteiger partial charge in [0.25, 0.3) is 0 Å². The average molecular weight is 405 g/mol. The Hall–Kier alpha value is -3.12. The highest BCUT2D eigenvalue weighted by atomic mass is 32.2. The number of aliphatic imine (C=N–C) groups is 1. The number of thioether (sulfide) groups is 1. The number of methoxy groups -OCH3 is 1. The van der Waals surface area contributed by atoms with Crippen LogP contribution in [-0.2, 0) is 0 Å². The van der Waals surface area contributed by atoms with Gasteiger partial charge in [-0.15, -0.1) is 11.8 Å². The highest BCUT2D eigenvalue weighted by molar-refractivity contribution is 7.99. The number of aromatic hydroxyl groups is 1. The fourth-order valence-electron chi connectivity index (χ4n) is 3.56. The second-order valence-corrected chi connectivity index (χ2v) is 8.08. The van der Waals surface area contributed by atoms with E-state index in [1.54, 1.807) is 24.9 Å². The summed E-state index contributed by atoms with van der Waals surface area (Å²) in [5.41, 5.74) is 3.60. The molecule has 3 aromatic rings. The summed E-state index contributed by atoms with van der Waals surface area (Å²) in [6, 6.07) is 19.5. The SMILES string of the molecule is COc1ccc(C2=Nc3ccccc3S[C@H](c3ccc4c(c3)OCO4)C2)c(O)c1. The average Bonchev–Trinajstić information content (AvgIpc) is 3.12. The van der Waals surface area contributed by atoms with E-state index in [-0.39, 0.29) is 17.8 Å². The first kappa shape index (κ1) is 17.9. The number of ether oxygens (including phenoxy) is 3. The predicted octanol–water partition coefficient (Wildman–Crippen LogP) is 5.49. The van der Waals surface area contributed by atoms with Gasteiger partial charge in [-0.2, -0.15) is 0 Å². The number of nitrogens with zero attached hydrogens (tertiary/aromatic N) is 1. The van der Waals surface area contributed by atoms with Gasteiger partial charge in [-0.25, -0.2) is 0 Å². The molecule has 0 amide bonds. The second-order valence-electron chi connectivity index (χ2n) is 6.83. The normalized spacial score (nSPS) is 17.3. The Morgan fingerprint density at radius 2 is 1.90 bits per heavy atom. The molecule has 0 saturated heterocycles. The molecule has 2 aliphatic rings. The van der Waals surface area contributed by atoms with Crippen molar-refractivity contribution in [2.75, 3.05) is 13.9 Å². The van der Waals surface area contributed by atoms with Crippen molar-refractivity contribution in [1.29, 1.82) is 0 Å². The van der Waals surface area contributed by atoms with Crippen LogP contribution in [-0.4, -0.2) is 24.7 Å². The van der Waals surface area contributed by atoms with E-state index in [4.69, 9.17) is 19.2 Å². The third kappa shape index (κ3) is 3.40. The second kappa shape index (κ2) is 7.37. The Balaban J connectivity index is 1.58. The van der Waals surface area contributed by atoms with E-state index in [0.717, 1.165) is 33.4 Å². The zero-order valence-corrected chi connectivity index (χ0v) is 16.6. The molecule has 5 nitrogen and oxygen atoms in total. The lowest BCUT2D eigenvalue weighted by molar-refractivity contribution is 0.174. The van der Waals surface area contributed by atoms with E-state index in [0.29, 0.717) is 17.7 Å². The summed E-state index contributed by atoms with van der Waals surface area (Å²) in [5, 5.41) is 10.7. The Labute approximate surface area is 173 Å². The number of rotatable bonds is 3.